The zero-order chi connectivity index (χ0) is 23.3. The van der Waals surface area contributed by atoms with Crippen molar-refractivity contribution in [1.82, 2.24) is 0 Å². The van der Waals surface area contributed by atoms with Gasteiger partial charge in [0.15, 0.2) is 0 Å². The number of nitrogens with zero attached hydrogens (tertiary/aromatic N) is 1. The standard InChI is InChI=1S/C31H35N/c1-7-11-25(4)22-23-32(31-13-10-12-26(5)24-31)27(6)14-15-28(8-2)16-19-30-20-17-29(9-3)18-21-30/h7-22,24H,3,6,23H2,1-2,4-5H3/b11-7-,15-14-,19-16?,25-22-,28-8+. The molecule has 0 aromatic heterocycles. The Hall–Kier alpha value is -3.58. The summed E-state index contributed by atoms with van der Waals surface area (Å²) in [7, 11) is 0. The Labute approximate surface area is 194 Å². The summed E-state index contributed by atoms with van der Waals surface area (Å²) in [6.07, 6.45) is 18.8. The minimum absolute atomic E-state index is 0.763. The number of rotatable bonds is 10. The molecule has 0 saturated carbocycles. The fourth-order valence-corrected chi connectivity index (χ4v) is 3.22. The summed E-state index contributed by atoms with van der Waals surface area (Å²) in [5.74, 6) is 0. The van der Waals surface area contributed by atoms with E-state index in [4.69, 9.17) is 0 Å². The van der Waals surface area contributed by atoms with Crippen LogP contribution in [0.5, 0.6) is 0 Å². The predicted molar refractivity (Wildman–Crippen MR) is 145 cm³/mol. The van der Waals surface area contributed by atoms with Gasteiger partial charge in [0.25, 0.3) is 0 Å². The van der Waals surface area contributed by atoms with Crippen LogP contribution in [0.25, 0.3) is 12.2 Å². The van der Waals surface area contributed by atoms with E-state index in [1.807, 2.05) is 13.0 Å². The third kappa shape index (κ3) is 7.92. The van der Waals surface area contributed by atoms with Crippen LogP contribution in [-0.4, -0.2) is 6.54 Å². The van der Waals surface area contributed by atoms with Crippen LogP contribution in [0.15, 0.2) is 121 Å². The van der Waals surface area contributed by atoms with Crippen molar-refractivity contribution in [3.05, 3.63) is 138 Å². The van der Waals surface area contributed by atoms with Crippen molar-refractivity contribution in [2.75, 3.05) is 11.4 Å². The van der Waals surface area contributed by atoms with Crippen LogP contribution in [0.2, 0.25) is 0 Å². The van der Waals surface area contributed by atoms with Gasteiger partial charge in [0.05, 0.1) is 0 Å². The highest BCUT2D eigenvalue weighted by molar-refractivity contribution is 5.59. The van der Waals surface area contributed by atoms with Crippen LogP contribution >= 0.6 is 0 Å². The van der Waals surface area contributed by atoms with Gasteiger partial charge in [0.2, 0.25) is 0 Å². The number of hydrogen-bond acceptors (Lipinski definition) is 1. The van der Waals surface area contributed by atoms with Gasteiger partial charge in [-0.25, -0.2) is 0 Å². The van der Waals surface area contributed by atoms with Crippen molar-refractivity contribution in [2.45, 2.75) is 27.7 Å². The highest BCUT2D eigenvalue weighted by Crippen LogP contribution is 2.21. The molecular formula is C31H35N. The maximum atomic E-state index is 4.36. The molecule has 0 radical (unpaired) electrons. The first-order valence-corrected chi connectivity index (χ1v) is 11.0. The van der Waals surface area contributed by atoms with Gasteiger partial charge in [0, 0.05) is 17.9 Å². The second-order valence-corrected chi connectivity index (χ2v) is 7.72. The van der Waals surface area contributed by atoms with Crippen LogP contribution < -0.4 is 4.90 Å². The number of benzene rings is 2. The van der Waals surface area contributed by atoms with E-state index >= 15 is 0 Å². The van der Waals surface area contributed by atoms with Gasteiger partial charge in [0.1, 0.15) is 0 Å². The summed E-state index contributed by atoms with van der Waals surface area (Å²) >= 11 is 0. The van der Waals surface area contributed by atoms with E-state index in [0.717, 1.165) is 34.6 Å². The van der Waals surface area contributed by atoms with Crippen LogP contribution in [0.4, 0.5) is 5.69 Å². The molecule has 1 nitrogen and oxygen atoms in total. The van der Waals surface area contributed by atoms with E-state index in [-0.39, 0.29) is 0 Å². The minimum Gasteiger partial charge on any atom is -0.338 e. The summed E-state index contributed by atoms with van der Waals surface area (Å²) in [4.78, 5) is 2.24. The van der Waals surface area contributed by atoms with Crippen molar-refractivity contribution in [3.63, 3.8) is 0 Å². The third-order valence-corrected chi connectivity index (χ3v) is 5.13. The maximum absolute atomic E-state index is 4.36. The Morgan fingerprint density at radius 1 is 0.938 bits per heavy atom. The minimum atomic E-state index is 0.763. The van der Waals surface area contributed by atoms with Crippen LogP contribution in [0.1, 0.15) is 37.5 Å². The zero-order valence-electron chi connectivity index (χ0n) is 19.9. The SMILES string of the molecule is C=Cc1ccc(C=CC(/C=C\C(=C)N(C/C=C(C)\C=C/C)c2cccc(C)c2)=C/C)cc1. The normalized spacial score (nSPS) is 12.8. The van der Waals surface area contributed by atoms with E-state index in [0.29, 0.717) is 0 Å². The second-order valence-electron chi connectivity index (χ2n) is 7.72. The Bertz CT molecular complexity index is 1060. The molecule has 0 atom stereocenters. The van der Waals surface area contributed by atoms with E-state index < -0.39 is 0 Å². The molecule has 0 N–H and O–H groups in total. The molecule has 0 aliphatic carbocycles. The summed E-state index contributed by atoms with van der Waals surface area (Å²) in [5, 5.41) is 0. The predicted octanol–water partition coefficient (Wildman–Crippen LogP) is 8.70. The number of allylic oxidation sites excluding steroid dienone is 8. The zero-order valence-corrected chi connectivity index (χ0v) is 19.9. The van der Waals surface area contributed by atoms with Gasteiger partial charge in [-0.05, 0) is 68.2 Å². The number of anilines is 1. The Morgan fingerprint density at radius 2 is 1.66 bits per heavy atom. The topological polar surface area (TPSA) is 3.24 Å². The monoisotopic (exact) mass is 421 g/mol. The fourth-order valence-electron chi connectivity index (χ4n) is 3.22. The first-order valence-electron chi connectivity index (χ1n) is 11.0. The summed E-state index contributed by atoms with van der Waals surface area (Å²) in [6, 6.07) is 16.9. The third-order valence-electron chi connectivity index (χ3n) is 5.13. The van der Waals surface area contributed by atoms with E-state index in [9.17, 15) is 0 Å². The number of aryl methyl sites for hydroxylation is 1. The lowest BCUT2D eigenvalue weighted by Gasteiger charge is -2.24. The molecule has 0 fully saturated rings. The molecule has 32 heavy (non-hydrogen) atoms. The molecule has 0 heterocycles. The van der Waals surface area contributed by atoms with Crippen LogP contribution in [0, 0.1) is 6.92 Å². The van der Waals surface area contributed by atoms with E-state index in [2.05, 4.69) is 136 Å². The molecule has 0 unspecified atom stereocenters. The van der Waals surface area contributed by atoms with Crippen LogP contribution in [0.3, 0.4) is 0 Å². The molecule has 0 amide bonds. The summed E-state index contributed by atoms with van der Waals surface area (Å²) in [6.45, 7) is 17.3. The first-order chi connectivity index (χ1) is 15.5. The highest BCUT2D eigenvalue weighted by atomic mass is 15.1. The second kappa shape index (κ2) is 13.0. The molecule has 0 spiro atoms. The molecule has 0 saturated heterocycles. The van der Waals surface area contributed by atoms with E-state index in [1.165, 1.54) is 11.1 Å². The Morgan fingerprint density at radius 3 is 2.28 bits per heavy atom. The highest BCUT2D eigenvalue weighted by Gasteiger charge is 2.07. The lowest BCUT2D eigenvalue weighted by molar-refractivity contribution is 1.04. The van der Waals surface area contributed by atoms with E-state index in [1.54, 1.807) is 0 Å². The molecule has 0 aliphatic rings. The van der Waals surface area contributed by atoms with Crippen molar-refractivity contribution in [3.8, 4) is 0 Å². The van der Waals surface area contributed by atoms with Gasteiger partial charge in [-0.1, -0.05) is 104 Å². The molecule has 0 bridgehead atoms. The van der Waals surface area contributed by atoms with Gasteiger partial charge < -0.3 is 4.90 Å². The maximum Gasteiger partial charge on any atom is 0.0417 e. The Balaban J connectivity index is 2.20. The molecule has 2 rings (SSSR count). The quantitative estimate of drug-likeness (QED) is 0.347. The molecular weight excluding hydrogens is 386 g/mol. The van der Waals surface area contributed by atoms with Crippen molar-refractivity contribution in [1.29, 1.82) is 0 Å². The summed E-state index contributed by atoms with van der Waals surface area (Å²) in [5.41, 5.74) is 7.98. The summed E-state index contributed by atoms with van der Waals surface area (Å²) < 4.78 is 0. The average Bonchev–Trinajstić information content (AvgIpc) is 2.80. The van der Waals surface area contributed by atoms with Gasteiger partial charge in [-0.2, -0.15) is 0 Å². The van der Waals surface area contributed by atoms with Crippen molar-refractivity contribution >= 4 is 17.8 Å². The lowest BCUT2D eigenvalue weighted by atomic mass is 10.1. The van der Waals surface area contributed by atoms with Crippen LogP contribution in [-0.2, 0) is 0 Å². The molecule has 2 aromatic rings. The fraction of sp³-hybridized carbons (Fsp3) is 0.161. The molecule has 2 aromatic carbocycles. The van der Waals surface area contributed by atoms with Crippen molar-refractivity contribution < 1.29 is 0 Å². The first kappa shape index (κ1) is 24.7. The molecule has 164 valence electrons. The lowest BCUT2D eigenvalue weighted by Crippen LogP contribution is -2.21. The van der Waals surface area contributed by atoms with Crippen molar-refractivity contribution in [2.24, 2.45) is 0 Å². The number of hydrogen-bond donors (Lipinski definition) is 0. The van der Waals surface area contributed by atoms with Gasteiger partial charge in [-0.3, -0.25) is 0 Å². The smallest absolute Gasteiger partial charge is 0.0417 e. The largest absolute Gasteiger partial charge is 0.338 e. The Kier molecular flexibility index (Phi) is 10.0. The van der Waals surface area contributed by atoms with Gasteiger partial charge in [-0.15, -0.1) is 0 Å². The molecule has 0 aliphatic heterocycles. The average molecular weight is 422 g/mol. The van der Waals surface area contributed by atoms with Gasteiger partial charge >= 0.3 is 0 Å². The molecule has 1 heteroatoms.